The first-order valence-corrected chi connectivity index (χ1v) is 5.53. The van der Waals surface area contributed by atoms with Crippen molar-refractivity contribution in [3.8, 4) is 17.2 Å². The van der Waals surface area contributed by atoms with E-state index in [0.29, 0.717) is 16.1 Å². The molecular weight excluding hydrogens is 250 g/mol. The SMILES string of the molecule is N#Cc1ccc(-c2ccc(Cl)cc2)c(C(=O)O)c1. The summed E-state index contributed by atoms with van der Waals surface area (Å²) < 4.78 is 0. The van der Waals surface area contributed by atoms with Crippen molar-refractivity contribution < 1.29 is 9.90 Å². The molecule has 88 valence electrons. The number of carbonyl (C=O) groups is 1. The van der Waals surface area contributed by atoms with Crippen molar-refractivity contribution in [1.29, 1.82) is 5.26 Å². The normalized spacial score (nSPS) is 9.78. The van der Waals surface area contributed by atoms with E-state index in [1.807, 2.05) is 6.07 Å². The number of rotatable bonds is 2. The lowest BCUT2D eigenvalue weighted by Crippen LogP contribution is -2.00. The van der Waals surface area contributed by atoms with Crippen LogP contribution in [-0.4, -0.2) is 11.1 Å². The van der Waals surface area contributed by atoms with Crippen molar-refractivity contribution >= 4 is 17.6 Å². The second-order valence-electron chi connectivity index (χ2n) is 3.68. The molecule has 0 saturated carbocycles. The number of halogens is 1. The van der Waals surface area contributed by atoms with Gasteiger partial charge in [-0.3, -0.25) is 0 Å². The minimum absolute atomic E-state index is 0.108. The Morgan fingerprint density at radius 1 is 1.17 bits per heavy atom. The monoisotopic (exact) mass is 257 g/mol. The van der Waals surface area contributed by atoms with Gasteiger partial charge < -0.3 is 5.11 Å². The van der Waals surface area contributed by atoms with Crippen LogP contribution in [0.25, 0.3) is 11.1 Å². The summed E-state index contributed by atoms with van der Waals surface area (Å²) in [6.07, 6.45) is 0. The molecule has 2 aromatic carbocycles. The average molecular weight is 258 g/mol. The van der Waals surface area contributed by atoms with Gasteiger partial charge in [0.05, 0.1) is 17.2 Å². The maximum Gasteiger partial charge on any atom is 0.336 e. The zero-order valence-electron chi connectivity index (χ0n) is 9.22. The van der Waals surface area contributed by atoms with Gasteiger partial charge in [0.15, 0.2) is 0 Å². The molecule has 18 heavy (non-hydrogen) atoms. The second kappa shape index (κ2) is 4.91. The van der Waals surface area contributed by atoms with E-state index < -0.39 is 5.97 Å². The van der Waals surface area contributed by atoms with Gasteiger partial charge >= 0.3 is 5.97 Å². The summed E-state index contributed by atoms with van der Waals surface area (Å²) in [4.78, 5) is 11.2. The molecule has 3 nitrogen and oxygen atoms in total. The molecule has 0 aliphatic carbocycles. The summed E-state index contributed by atoms with van der Waals surface area (Å²) >= 11 is 5.79. The molecule has 0 atom stereocenters. The third-order valence-corrected chi connectivity index (χ3v) is 2.79. The minimum atomic E-state index is -1.06. The molecule has 0 amide bonds. The van der Waals surface area contributed by atoms with Gasteiger partial charge in [0.25, 0.3) is 0 Å². The maximum atomic E-state index is 11.2. The van der Waals surface area contributed by atoms with E-state index in [2.05, 4.69) is 0 Å². The zero-order chi connectivity index (χ0) is 13.1. The van der Waals surface area contributed by atoms with Gasteiger partial charge in [-0.05, 0) is 35.4 Å². The number of hydrogen-bond acceptors (Lipinski definition) is 2. The Morgan fingerprint density at radius 3 is 2.39 bits per heavy atom. The summed E-state index contributed by atoms with van der Waals surface area (Å²) in [5.74, 6) is -1.06. The van der Waals surface area contributed by atoms with Crippen LogP contribution < -0.4 is 0 Å². The standard InChI is InChI=1S/C14H8ClNO2/c15-11-4-2-10(3-5-11)12-6-1-9(8-16)7-13(12)14(17)18/h1-7H,(H,17,18). The number of aromatic carboxylic acids is 1. The molecule has 0 aromatic heterocycles. The molecule has 0 bridgehead atoms. The Bertz CT molecular complexity index is 642. The zero-order valence-corrected chi connectivity index (χ0v) is 9.98. The van der Waals surface area contributed by atoms with E-state index >= 15 is 0 Å². The van der Waals surface area contributed by atoms with Crippen LogP contribution in [0.3, 0.4) is 0 Å². The van der Waals surface area contributed by atoms with Crippen molar-refractivity contribution in [3.63, 3.8) is 0 Å². The van der Waals surface area contributed by atoms with Crippen LogP contribution in [-0.2, 0) is 0 Å². The Morgan fingerprint density at radius 2 is 1.83 bits per heavy atom. The van der Waals surface area contributed by atoms with Crippen molar-refractivity contribution in [1.82, 2.24) is 0 Å². The quantitative estimate of drug-likeness (QED) is 0.894. The lowest BCUT2D eigenvalue weighted by Gasteiger charge is -2.06. The van der Waals surface area contributed by atoms with Gasteiger partial charge in [0.2, 0.25) is 0 Å². The van der Waals surface area contributed by atoms with E-state index in [1.54, 1.807) is 36.4 Å². The van der Waals surface area contributed by atoms with Crippen LogP contribution in [0.1, 0.15) is 15.9 Å². The van der Waals surface area contributed by atoms with Gasteiger partial charge in [0.1, 0.15) is 0 Å². The van der Waals surface area contributed by atoms with E-state index in [-0.39, 0.29) is 5.56 Å². The van der Waals surface area contributed by atoms with Gasteiger partial charge in [-0.1, -0.05) is 29.8 Å². The summed E-state index contributed by atoms with van der Waals surface area (Å²) in [6, 6.07) is 13.4. The number of benzene rings is 2. The molecule has 0 heterocycles. The first-order chi connectivity index (χ1) is 8.61. The smallest absolute Gasteiger partial charge is 0.336 e. The molecule has 2 aromatic rings. The van der Waals surface area contributed by atoms with Gasteiger partial charge in [-0.2, -0.15) is 5.26 Å². The molecule has 0 aliphatic heterocycles. The highest BCUT2D eigenvalue weighted by Crippen LogP contribution is 2.26. The molecule has 4 heteroatoms. The van der Waals surface area contributed by atoms with Crippen LogP contribution in [0.2, 0.25) is 5.02 Å². The second-order valence-corrected chi connectivity index (χ2v) is 4.12. The summed E-state index contributed by atoms with van der Waals surface area (Å²) in [5.41, 5.74) is 1.75. The number of nitriles is 1. The molecule has 2 rings (SSSR count). The first kappa shape index (κ1) is 12.2. The Labute approximate surface area is 109 Å². The number of hydrogen-bond donors (Lipinski definition) is 1. The molecule has 0 radical (unpaired) electrons. The lowest BCUT2D eigenvalue weighted by atomic mass is 9.98. The van der Waals surface area contributed by atoms with Gasteiger partial charge in [0, 0.05) is 5.02 Å². The van der Waals surface area contributed by atoms with Crippen molar-refractivity contribution in [3.05, 3.63) is 58.6 Å². The average Bonchev–Trinajstić information content (AvgIpc) is 2.39. The fourth-order valence-corrected chi connectivity index (χ4v) is 1.80. The van der Waals surface area contributed by atoms with Crippen LogP contribution in [0.4, 0.5) is 0 Å². The Hall–Kier alpha value is -2.31. The predicted molar refractivity (Wildman–Crippen MR) is 68.6 cm³/mol. The fraction of sp³-hybridized carbons (Fsp3) is 0. The van der Waals surface area contributed by atoms with Crippen LogP contribution in [0, 0.1) is 11.3 Å². The highest BCUT2D eigenvalue weighted by atomic mass is 35.5. The van der Waals surface area contributed by atoms with Gasteiger partial charge in [-0.15, -0.1) is 0 Å². The van der Waals surface area contributed by atoms with Crippen molar-refractivity contribution in [2.75, 3.05) is 0 Å². The van der Waals surface area contributed by atoms with Crippen LogP contribution in [0.15, 0.2) is 42.5 Å². The van der Waals surface area contributed by atoms with Crippen molar-refractivity contribution in [2.45, 2.75) is 0 Å². The highest BCUT2D eigenvalue weighted by Gasteiger charge is 2.12. The largest absolute Gasteiger partial charge is 0.478 e. The Balaban J connectivity index is 2.60. The molecule has 0 aliphatic rings. The molecule has 0 spiro atoms. The number of carboxylic acids is 1. The molecule has 0 saturated heterocycles. The minimum Gasteiger partial charge on any atom is -0.478 e. The molecule has 0 fully saturated rings. The lowest BCUT2D eigenvalue weighted by molar-refractivity contribution is 0.0697. The van der Waals surface area contributed by atoms with E-state index in [9.17, 15) is 4.79 Å². The van der Waals surface area contributed by atoms with Crippen molar-refractivity contribution in [2.24, 2.45) is 0 Å². The molecule has 1 N–H and O–H groups in total. The maximum absolute atomic E-state index is 11.2. The van der Waals surface area contributed by atoms with E-state index in [0.717, 1.165) is 5.56 Å². The number of nitrogens with zero attached hydrogens (tertiary/aromatic N) is 1. The van der Waals surface area contributed by atoms with E-state index in [4.69, 9.17) is 22.0 Å². The summed E-state index contributed by atoms with van der Waals surface area (Å²) in [5, 5.41) is 18.5. The topological polar surface area (TPSA) is 61.1 Å². The van der Waals surface area contributed by atoms with Gasteiger partial charge in [-0.25, -0.2) is 4.79 Å². The fourth-order valence-electron chi connectivity index (χ4n) is 1.67. The number of carboxylic acid groups (broad SMARTS) is 1. The molecular formula is C14H8ClNO2. The van der Waals surface area contributed by atoms with E-state index in [1.165, 1.54) is 6.07 Å². The molecule has 0 unspecified atom stereocenters. The summed E-state index contributed by atoms with van der Waals surface area (Å²) in [7, 11) is 0. The third-order valence-electron chi connectivity index (χ3n) is 2.53. The third kappa shape index (κ3) is 2.34. The summed E-state index contributed by atoms with van der Waals surface area (Å²) in [6.45, 7) is 0. The predicted octanol–water partition coefficient (Wildman–Crippen LogP) is 3.58. The highest BCUT2D eigenvalue weighted by molar-refractivity contribution is 6.30. The van der Waals surface area contributed by atoms with Crippen LogP contribution >= 0.6 is 11.6 Å². The Kier molecular flexibility index (Phi) is 3.31. The first-order valence-electron chi connectivity index (χ1n) is 5.15. The van der Waals surface area contributed by atoms with Crippen LogP contribution in [0.5, 0.6) is 0 Å².